The summed E-state index contributed by atoms with van der Waals surface area (Å²) in [6.07, 6.45) is 10.4. The van der Waals surface area contributed by atoms with Gasteiger partial charge < -0.3 is 10.1 Å². The van der Waals surface area contributed by atoms with E-state index in [1.54, 1.807) is 48.7 Å². The van der Waals surface area contributed by atoms with Gasteiger partial charge in [-0.3, -0.25) is 14.6 Å². The number of benzene rings is 3. The molecule has 0 radical (unpaired) electrons. The van der Waals surface area contributed by atoms with Gasteiger partial charge in [-0.1, -0.05) is 98.8 Å². The number of carboxylic acid groups (broad SMARTS) is 1. The fourth-order valence-electron chi connectivity index (χ4n) is 6.07. The van der Waals surface area contributed by atoms with E-state index in [9.17, 15) is 14.7 Å². The first-order chi connectivity index (χ1) is 22.3. The van der Waals surface area contributed by atoms with E-state index >= 15 is 0 Å². The van der Waals surface area contributed by atoms with Crippen LogP contribution in [0.25, 0.3) is 22.5 Å². The highest BCUT2D eigenvalue weighted by molar-refractivity contribution is 7.10. The molecular weight excluding hydrogens is 591 g/mol. The maximum atomic E-state index is 13.4. The number of hydrogen-bond donors (Lipinski definition) is 2. The minimum Gasteiger partial charge on any atom is -0.481 e. The molecule has 5 aromatic rings. The molecule has 46 heavy (non-hydrogen) atoms. The molecule has 1 aliphatic heterocycles. The summed E-state index contributed by atoms with van der Waals surface area (Å²) in [6, 6.07) is 28.0. The third kappa shape index (κ3) is 7.00. The largest absolute Gasteiger partial charge is 0.481 e. The van der Waals surface area contributed by atoms with Crippen LogP contribution in [0.3, 0.4) is 0 Å². The Morgan fingerprint density at radius 2 is 1.59 bits per heavy atom. The standard InChI is InChI=1S/C39H37N3O3S/c1-26(2)21-28-12-9-27(10-13-28)11-14-29-22-33(40-24-29)30-15-17-31(18-16-30)34-25-46-35(42-34)23-39(19-6-20-41-39)36(38(44)45)37(43)32-7-4-3-5-8-32/h3-10,12-13,15-20,22,24-26,36,40H,11,14,21,23H2,1-2H3,(H,44,45). The minimum absolute atomic E-state index is 0.214. The van der Waals surface area contributed by atoms with Crippen molar-refractivity contribution < 1.29 is 14.7 Å². The molecule has 2 aromatic heterocycles. The van der Waals surface area contributed by atoms with Crippen molar-refractivity contribution in [3.8, 4) is 22.5 Å². The first kappa shape index (κ1) is 31.1. The fourth-order valence-corrected chi connectivity index (χ4v) is 6.98. The third-order valence-corrected chi connectivity index (χ3v) is 9.29. The second-order valence-corrected chi connectivity index (χ2v) is 13.3. The SMILES string of the molecule is CC(C)Cc1ccc(CCc2c[nH]c(-c3ccc(-c4csc(CC5(C(C(=O)O)C(=O)c6ccccc6)C=CC=N5)n4)cc3)c2)cc1. The molecule has 7 heteroatoms. The van der Waals surface area contributed by atoms with Gasteiger partial charge in [0.25, 0.3) is 0 Å². The number of carbonyl (C=O) groups is 2. The first-order valence-corrected chi connectivity index (χ1v) is 16.5. The van der Waals surface area contributed by atoms with E-state index in [0.29, 0.717) is 11.5 Å². The number of aliphatic carboxylic acids is 1. The molecule has 2 unspecified atom stereocenters. The number of thiazole rings is 1. The summed E-state index contributed by atoms with van der Waals surface area (Å²) in [7, 11) is 0. The Hall–Kier alpha value is -4.88. The number of H-pyrrole nitrogens is 1. The van der Waals surface area contributed by atoms with Crippen LogP contribution in [0.15, 0.2) is 114 Å². The molecule has 0 saturated heterocycles. The van der Waals surface area contributed by atoms with Gasteiger partial charge in [-0.25, -0.2) is 4.98 Å². The predicted molar refractivity (Wildman–Crippen MR) is 186 cm³/mol. The summed E-state index contributed by atoms with van der Waals surface area (Å²) < 4.78 is 0. The summed E-state index contributed by atoms with van der Waals surface area (Å²) >= 11 is 1.45. The molecule has 0 amide bonds. The molecule has 0 spiro atoms. The van der Waals surface area contributed by atoms with Crippen molar-refractivity contribution >= 4 is 29.3 Å². The monoisotopic (exact) mass is 627 g/mol. The van der Waals surface area contributed by atoms with Crippen LogP contribution in [0.1, 0.15) is 45.9 Å². The predicted octanol–water partition coefficient (Wildman–Crippen LogP) is 8.29. The van der Waals surface area contributed by atoms with Crippen LogP contribution in [0.4, 0.5) is 0 Å². The Kier molecular flexibility index (Phi) is 9.22. The number of hydrogen-bond acceptors (Lipinski definition) is 5. The second-order valence-electron chi connectivity index (χ2n) is 12.3. The van der Waals surface area contributed by atoms with Crippen molar-refractivity contribution in [2.24, 2.45) is 16.8 Å². The lowest BCUT2D eigenvalue weighted by Crippen LogP contribution is -2.45. The number of rotatable bonds is 13. The van der Waals surface area contributed by atoms with Crippen LogP contribution in [0.5, 0.6) is 0 Å². The minimum atomic E-state index is -1.36. The van der Waals surface area contributed by atoms with Crippen LogP contribution >= 0.6 is 11.3 Å². The molecule has 232 valence electrons. The van der Waals surface area contributed by atoms with Gasteiger partial charge in [0.2, 0.25) is 0 Å². The zero-order valence-electron chi connectivity index (χ0n) is 26.0. The molecule has 3 heterocycles. The van der Waals surface area contributed by atoms with E-state index < -0.39 is 23.2 Å². The number of carbonyl (C=O) groups excluding carboxylic acids is 1. The lowest BCUT2D eigenvalue weighted by Gasteiger charge is -2.29. The smallest absolute Gasteiger partial charge is 0.317 e. The Labute approximate surface area is 273 Å². The lowest BCUT2D eigenvalue weighted by molar-refractivity contribution is -0.141. The Morgan fingerprint density at radius 1 is 0.891 bits per heavy atom. The molecule has 1 aliphatic rings. The number of ketones is 1. The van der Waals surface area contributed by atoms with E-state index in [-0.39, 0.29) is 6.42 Å². The van der Waals surface area contributed by atoms with Gasteiger partial charge in [0.1, 0.15) is 11.5 Å². The van der Waals surface area contributed by atoms with E-state index in [4.69, 9.17) is 4.98 Å². The van der Waals surface area contributed by atoms with Gasteiger partial charge in [0.05, 0.1) is 10.7 Å². The number of nitrogens with zero attached hydrogens (tertiary/aromatic N) is 2. The molecule has 0 aliphatic carbocycles. The van der Waals surface area contributed by atoms with E-state index in [1.165, 1.54) is 28.0 Å². The Bertz CT molecular complexity index is 1850. The normalized spacial score (nSPS) is 16.2. The fraction of sp³-hybridized carbons (Fsp3) is 0.231. The summed E-state index contributed by atoms with van der Waals surface area (Å²) in [5, 5.41) is 12.9. The lowest BCUT2D eigenvalue weighted by atomic mass is 9.77. The number of aliphatic imine (C=N–C) groups is 1. The van der Waals surface area contributed by atoms with Crippen molar-refractivity contribution in [3.63, 3.8) is 0 Å². The van der Waals surface area contributed by atoms with Crippen LogP contribution in [-0.4, -0.2) is 38.6 Å². The number of aromatic nitrogens is 2. The first-order valence-electron chi connectivity index (χ1n) is 15.6. The van der Waals surface area contributed by atoms with Gasteiger partial charge in [0, 0.05) is 41.0 Å². The third-order valence-electron chi connectivity index (χ3n) is 8.44. The maximum Gasteiger partial charge on any atom is 0.317 e. The number of nitrogens with one attached hydrogen (secondary N) is 1. The molecule has 0 saturated carbocycles. The van der Waals surface area contributed by atoms with Gasteiger partial charge in [-0.2, -0.15) is 0 Å². The number of aromatic amines is 1. The molecular formula is C39H37N3O3S. The molecule has 6 nitrogen and oxygen atoms in total. The highest BCUT2D eigenvalue weighted by atomic mass is 32.1. The van der Waals surface area contributed by atoms with Crippen LogP contribution in [0, 0.1) is 11.8 Å². The number of Topliss-reactive ketones (excluding diaryl/α,β-unsaturated/α-hetero) is 1. The zero-order chi connectivity index (χ0) is 32.1. The zero-order valence-corrected chi connectivity index (χ0v) is 26.8. The quantitative estimate of drug-likeness (QED) is 0.101. The van der Waals surface area contributed by atoms with Crippen molar-refractivity contribution in [3.05, 3.63) is 136 Å². The van der Waals surface area contributed by atoms with E-state index in [2.05, 4.69) is 84.6 Å². The molecule has 6 rings (SSSR count). The van der Waals surface area contributed by atoms with Crippen LogP contribution in [0.2, 0.25) is 0 Å². The van der Waals surface area contributed by atoms with Gasteiger partial charge in [-0.15, -0.1) is 11.3 Å². The van der Waals surface area contributed by atoms with E-state index in [1.807, 2.05) is 5.38 Å². The number of aryl methyl sites for hydroxylation is 2. The Balaban J connectivity index is 1.12. The summed E-state index contributed by atoms with van der Waals surface area (Å²) in [4.78, 5) is 38.6. The summed E-state index contributed by atoms with van der Waals surface area (Å²) in [5.41, 5.74) is 7.08. The molecule has 0 fully saturated rings. The van der Waals surface area contributed by atoms with Crippen LogP contribution < -0.4 is 0 Å². The average Bonchev–Trinajstić information content (AvgIpc) is 3.83. The second kappa shape index (κ2) is 13.6. The average molecular weight is 628 g/mol. The van der Waals surface area contributed by atoms with Gasteiger partial charge >= 0.3 is 5.97 Å². The molecule has 3 aromatic carbocycles. The topological polar surface area (TPSA) is 95.4 Å². The molecule has 2 N–H and O–H groups in total. The van der Waals surface area contributed by atoms with Gasteiger partial charge in [0.15, 0.2) is 5.78 Å². The summed E-state index contributed by atoms with van der Waals surface area (Å²) in [6.45, 7) is 4.50. The number of allylic oxidation sites excluding steroid dienone is 1. The van der Waals surface area contributed by atoms with Crippen molar-refractivity contribution in [1.29, 1.82) is 0 Å². The van der Waals surface area contributed by atoms with Crippen LogP contribution in [-0.2, 0) is 30.5 Å². The van der Waals surface area contributed by atoms with Crippen molar-refractivity contribution in [2.75, 3.05) is 0 Å². The Morgan fingerprint density at radius 3 is 2.26 bits per heavy atom. The molecule has 2 atom stereocenters. The van der Waals surface area contributed by atoms with E-state index in [0.717, 1.165) is 46.8 Å². The highest BCUT2D eigenvalue weighted by Gasteiger charge is 2.47. The molecule has 0 bridgehead atoms. The number of carboxylic acids is 1. The summed E-state index contributed by atoms with van der Waals surface area (Å²) in [5.74, 6) is -2.37. The van der Waals surface area contributed by atoms with Crippen molar-refractivity contribution in [2.45, 2.75) is 45.1 Å². The maximum absolute atomic E-state index is 13.4. The van der Waals surface area contributed by atoms with Crippen molar-refractivity contribution in [1.82, 2.24) is 9.97 Å². The van der Waals surface area contributed by atoms with Gasteiger partial charge in [-0.05, 0) is 59.6 Å². The highest BCUT2D eigenvalue weighted by Crippen LogP contribution is 2.36.